The molecular weight excluding hydrogens is 204 g/mol. The van der Waals surface area contributed by atoms with Crippen molar-refractivity contribution in [2.24, 2.45) is 5.92 Å². The van der Waals surface area contributed by atoms with Crippen molar-refractivity contribution in [1.29, 1.82) is 0 Å². The Morgan fingerprint density at radius 3 is 2.88 bits per heavy atom. The van der Waals surface area contributed by atoms with Gasteiger partial charge in [-0.05, 0) is 44.7 Å². The Hall–Kier alpha value is -0.160. The highest BCUT2D eigenvalue weighted by molar-refractivity contribution is 4.86. The Bertz CT molecular complexity index is 207. The monoisotopic (exact) mass is 228 g/mol. The van der Waals surface area contributed by atoms with Crippen molar-refractivity contribution in [2.75, 3.05) is 32.8 Å². The summed E-state index contributed by atoms with van der Waals surface area (Å²) in [7, 11) is 0. The molecule has 4 nitrogen and oxygen atoms in total. The summed E-state index contributed by atoms with van der Waals surface area (Å²) in [6.07, 6.45) is 4.57. The molecule has 0 aliphatic carbocycles. The predicted octanol–water partition coefficient (Wildman–Crippen LogP) is -0.196. The lowest BCUT2D eigenvalue weighted by atomic mass is 9.89. The number of likely N-dealkylation sites (tertiary alicyclic amines) is 1. The van der Waals surface area contributed by atoms with Crippen LogP contribution in [0.4, 0.5) is 0 Å². The molecule has 3 atom stereocenters. The molecule has 16 heavy (non-hydrogen) atoms. The second-order valence-corrected chi connectivity index (χ2v) is 5.20. The number of nitrogens with one attached hydrogen (secondary N) is 1. The van der Waals surface area contributed by atoms with Crippen molar-refractivity contribution in [2.45, 2.75) is 37.8 Å². The van der Waals surface area contributed by atoms with E-state index in [4.69, 9.17) is 5.11 Å². The zero-order valence-corrected chi connectivity index (χ0v) is 9.94. The molecular formula is C12H24N2O2. The first kappa shape index (κ1) is 12.3. The normalized spacial score (nSPS) is 34.1. The number of hydrogen-bond acceptors (Lipinski definition) is 4. The van der Waals surface area contributed by atoms with Gasteiger partial charge in [-0.15, -0.1) is 0 Å². The smallest absolute Gasteiger partial charge is 0.0897 e. The van der Waals surface area contributed by atoms with Crippen LogP contribution in [0.25, 0.3) is 0 Å². The molecule has 2 rings (SSSR count). The van der Waals surface area contributed by atoms with Crippen LogP contribution in [0.15, 0.2) is 0 Å². The first-order valence-electron chi connectivity index (χ1n) is 6.54. The first-order valence-corrected chi connectivity index (χ1v) is 6.54. The molecule has 0 radical (unpaired) electrons. The molecule has 0 saturated carbocycles. The van der Waals surface area contributed by atoms with Crippen LogP contribution >= 0.6 is 0 Å². The van der Waals surface area contributed by atoms with Crippen molar-refractivity contribution in [3.05, 3.63) is 0 Å². The van der Waals surface area contributed by atoms with Crippen LogP contribution in [0.3, 0.4) is 0 Å². The number of rotatable bonds is 4. The van der Waals surface area contributed by atoms with Crippen LogP contribution in [-0.4, -0.2) is 60.0 Å². The predicted molar refractivity (Wildman–Crippen MR) is 63.3 cm³/mol. The Morgan fingerprint density at radius 2 is 2.19 bits per heavy atom. The van der Waals surface area contributed by atoms with Gasteiger partial charge in [0.05, 0.1) is 12.7 Å². The minimum atomic E-state index is -0.574. The molecule has 2 aliphatic rings. The molecule has 0 aromatic heterocycles. The van der Waals surface area contributed by atoms with Gasteiger partial charge >= 0.3 is 0 Å². The molecule has 3 N–H and O–H groups in total. The summed E-state index contributed by atoms with van der Waals surface area (Å²) in [6, 6.07) is 0.689. The number of hydrogen-bond donors (Lipinski definition) is 3. The lowest BCUT2D eigenvalue weighted by molar-refractivity contribution is 0.0410. The van der Waals surface area contributed by atoms with Crippen LogP contribution < -0.4 is 5.32 Å². The number of piperidine rings is 1. The molecule has 0 spiro atoms. The van der Waals surface area contributed by atoms with Crippen LogP contribution in [0.2, 0.25) is 0 Å². The highest BCUT2D eigenvalue weighted by Crippen LogP contribution is 2.24. The quantitative estimate of drug-likeness (QED) is 0.624. The summed E-state index contributed by atoms with van der Waals surface area (Å²) in [5.41, 5.74) is 0. The van der Waals surface area contributed by atoms with E-state index < -0.39 is 6.10 Å². The molecule has 0 aromatic carbocycles. The number of nitrogens with zero attached hydrogens (tertiary/aromatic N) is 1. The van der Waals surface area contributed by atoms with E-state index in [2.05, 4.69) is 10.2 Å². The molecule has 2 aliphatic heterocycles. The maximum atomic E-state index is 9.45. The Kier molecular flexibility index (Phi) is 4.58. The van der Waals surface area contributed by atoms with E-state index in [1.165, 1.54) is 32.2 Å². The van der Waals surface area contributed by atoms with Gasteiger partial charge in [-0.2, -0.15) is 0 Å². The molecule has 94 valence electrons. The third-order valence-corrected chi connectivity index (χ3v) is 3.89. The summed E-state index contributed by atoms with van der Waals surface area (Å²) in [4.78, 5) is 2.30. The van der Waals surface area contributed by atoms with Gasteiger partial charge in [0.25, 0.3) is 0 Å². The van der Waals surface area contributed by atoms with Gasteiger partial charge < -0.3 is 20.4 Å². The number of β-amino-alcohol motifs (C(OH)–C–C–N with tert-alkyl or cyclic N) is 1. The lowest BCUT2D eigenvalue weighted by Gasteiger charge is -2.36. The minimum Gasteiger partial charge on any atom is -0.394 e. The molecule has 0 bridgehead atoms. The summed E-state index contributed by atoms with van der Waals surface area (Å²) >= 11 is 0. The molecule has 0 aromatic rings. The topological polar surface area (TPSA) is 55.7 Å². The van der Waals surface area contributed by atoms with Crippen LogP contribution in [0, 0.1) is 5.92 Å². The highest BCUT2D eigenvalue weighted by atomic mass is 16.3. The fourth-order valence-electron chi connectivity index (χ4n) is 3.06. The van der Waals surface area contributed by atoms with E-state index in [1.54, 1.807) is 0 Å². The third-order valence-electron chi connectivity index (χ3n) is 3.89. The molecule has 2 heterocycles. The van der Waals surface area contributed by atoms with Gasteiger partial charge in [-0.25, -0.2) is 0 Å². The zero-order valence-electron chi connectivity index (χ0n) is 9.94. The Morgan fingerprint density at radius 1 is 1.31 bits per heavy atom. The van der Waals surface area contributed by atoms with E-state index in [-0.39, 0.29) is 6.61 Å². The highest BCUT2D eigenvalue weighted by Gasteiger charge is 2.29. The van der Waals surface area contributed by atoms with Gasteiger partial charge in [0.2, 0.25) is 0 Å². The van der Waals surface area contributed by atoms with Crippen molar-refractivity contribution < 1.29 is 10.2 Å². The summed E-state index contributed by atoms with van der Waals surface area (Å²) < 4.78 is 0. The van der Waals surface area contributed by atoms with E-state index in [1.807, 2.05) is 0 Å². The molecule has 0 amide bonds. The average molecular weight is 228 g/mol. The standard InChI is InChI=1S/C12H24N2O2/c15-9-11(16)8-14-6-2-3-10(7-14)12-4-1-5-13-12/h10-13,15-16H,1-9H2. The van der Waals surface area contributed by atoms with Gasteiger partial charge in [-0.3, -0.25) is 0 Å². The van der Waals surface area contributed by atoms with Gasteiger partial charge in [-0.1, -0.05) is 0 Å². The van der Waals surface area contributed by atoms with Crippen molar-refractivity contribution >= 4 is 0 Å². The minimum absolute atomic E-state index is 0.122. The van der Waals surface area contributed by atoms with Crippen LogP contribution in [0.5, 0.6) is 0 Å². The maximum absolute atomic E-state index is 9.45. The van der Waals surface area contributed by atoms with E-state index in [9.17, 15) is 5.11 Å². The van der Waals surface area contributed by atoms with E-state index >= 15 is 0 Å². The molecule has 2 saturated heterocycles. The lowest BCUT2D eigenvalue weighted by Crippen LogP contribution is -2.46. The number of aliphatic hydroxyl groups is 2. The van der Waals surface area contributed by atoms with Crippen molar-refractivity contribution in [1.82, 2.24) is 10.2 Å². The average Bonchev–Trinajstić information content (AvgIpc) is 2.83. The van der Waals surface area contributed by atoms with Crippen molar-refractivity contribution in [3.63, 3.8) is 0 Å². The largest absolute Gasteiger partial charge is 0.394 e. The SMILES string of the molecule is OCC(O)CN1CCCC(C2CCCN2)C1. The molecule has 3 unspecified atom stereocenters. The van der Waals surface area contributed by atoms with E-state index in [0.29, 0.717) is 12.6 Å². The van der Waals surface area contributed by atoms with E-state index in [0.717, 1.165) is 19.0 Å². The first-order chi connectivity index (χ1) is 7.79. The number of aliphatic hydroxyl groups excluding tert-OH is 2. The maximum Gasteiger partial charge on any atom is 0.0897 e. The second-order valence-electron chi connectivity index (χ2n) is 5.20. The second kappa shape index (κ2) is 5.96. The fourth-order valence-corrected chi connectivity index (χ4v) is 3.06. The Balaban J connectivity index is 1.79. The van der Waals surface area contributed by atoms with Gasteiger partial charge in [0.15, 0.2) is 0 Å². The van der Waals surface area contributed by atoms with Gasteiger partial charge in [0.1, 0.15) is 0 Å². The third kappa shape index (κ3) is 3.17. The zero-order chi connectivity index (χ0) is 11.4. The van der Waals surface area contributed by atoms with Crippen molar-refractivity contribution in [3.8, 4) is 0 Å². The summed E-state index contributed by atoms with van der Waals surface area (Å²) in [5.74, 6) is 0.738. The van der Waals surface area contributed by atoms with Gasteiger partial charge in [0, 0.05) is 19.1 Å². The molecule has 4 heteroatoms. The summed E-state index contributed by atoms with van der Waals surface area (Å²) in [5, 5.41) is 21.9. The summed E-state index contributed by atoms with van der Waals surface area (Å²) in [6.45, 7) is 3.82. The van der Waals surface area contributed by atoms with Crippen LogP contribution in [-0.2, 0) is 0 Å². The Labute approximate surface area is 97.6 Å². The van der Waals surface area contributed by atoms with Crippen LogP contribution in [0.1, 0.15) is 25.7 Å². The fraction of sp³-hybridized carbons (Fsp3) is 1.00. The molecule has 2 fully saturated rings.